The average molecular weight is 154 g/mol. The van der Waals surface area contributed by atoms with Crippen molar-refractivity contribution in [2.75, 3.05) is 0 Å². The molecule has 0 spiro atoms. The van der Waals surface area contributed by atoms with Crippen LogP contribution in [0.2, 0.25) is 0 Å². The van der Waals surface area contributed by atoms with E-state index < -0.39 is 0 Å². The SMILES string of the molecule is C/C=C\C(C)C(=O)C(C)(C)C. The lowest BCUT2D eigenvalue weighted by Crippen LogP contribution is -2.25. The molecule has 0 saturated heterocycles. The summed E-state index contributed by atoms with van der Waals surface area (Å²) in [6.45, 7) is 9.74. The lowest BCUT2D eigenvalue weighted by molar-refractivity contribution is -0.128. The second-order valence-electron chi connectivity index (χ2n) is 3.93. The molecule has 0 fully saturated rings. The van der Waals surface area contributed by atoms with Gasteiger partial charge in [0.25, 0.3) is 0 Å². The van der Waals surface area contributed by atoms with Gasteiger partial charge in [-0.2, -0.15) is 0 Å². The van der Waals surface area contributed by atoms with E-state index in [0.29, 0.717) is 5.78 Å². The molecule has 0 aliphatic carbocycles. The van der Waals surface area contributed by atoms with Crippen molar-refractivity contribution >= 4 is 5.78 Å². The molecule has 64 valence electrons. The van der Waals surface area contributed by atoms with Crippen molar-refractivity contribution in [3.63, 3.8) is 0 Å². The Kier molecular flexibility index (Phi) is 3.50. The lowest BCUT2D eigenvalue weighted by atomic mass is 9.84. The van der Waals surface area contributed by atoms with Crippen molar-refractivity contribution < 1.29 is 4.79 Å². The van der Waals surface area contributed by atoms with E-state index in [-0.39, 0.29) is 11.3 Å². The molecule has 0 aliphatic heterocycles. The Morgan fingerprint density at radius 3 is 2.09 bits per heavy atom. The summed E-state index contributed by atoms with van der Waals surface area (Å²) in [5, 5.41) is 0. The maximum Gasteiger partial charge on any atom is 0.144 e. The number of allylic oxidation sites excluding steroid dienone is 2. The van der Waals surface area contributed by atoms with Crippen LogP contribution >= 0.6 is 0 Å². The van der Waals surface area contributed by atoms with Crippen LogP contribution in [0.5, 0.6) is 0 Å². The summed E-state index contributed by atoms with van der Waals surface area (Å²) in [7, 11) is 0. The van der Waals surface area contributed by atoms with E-state index in [2.05, 4.69) is 0 Å². The summed E-state index contributed by atoms with van der Waals surface area (Å²) in [4.78, 5) is 11.5. The minimum absolute atomic E-state index is 0.0556. The summed E-state index contributed by atoms with van der Waals surface area (Å²) in [5.41, 5.74) is -0.209. The standard InChI is InChI=1S/C10H18O/c1-6-7-8(2)9(11)10(3,4)5/h6-8H,1-5H3/b7-6-. The highest BCUT2D eigenvalue weighted by atomic mass is 16.1. The highest BCUT2D eigenvalue weighted by molar-refractivity contribution is 5.87. The molecular formula is C10H18O. The van der Waals surface area contributed by atoms with Gasteiger partial charge in [-0.05, 0) is 6.92 Å². The first-order chi connectivity index (χ1) is 4.89. The first-order valence-corrected chi connectivity index (χ1v) is 4.06. The van der Waals surface area contributed by atoms with E-state index in [1.165, 1.54) is 0 Å². The number of rotatable bonds is 2. The normalized spacial score (nSPS) is 15.4. The number of carbonyl (C=O) groups is 1. The van der Waals surface area contributed by atoms with Gasteiger partial charge in [0.15, 0.2) is 0 Å². The average Bonchev–Trinajstić information content (AvgIpc) is 1.85. The van der Waals surface area contributed by atoms with Crippen molar-refractivity contribution in [3.8, 4) is 0 Å². The molecule has 1 unspecified atom stereocenters. The number of hydrogen-bond acceptors (Lipinski definition) is 1. The van der Waals surface area contributed by atoms with Crippen LogP contribution in [0, 0.1) is 11.3 Å². The van der Waals surface area contributed by atoms with Crippen LogP contribution in [0.4, 0.5) is 0 Å². The molecule has 0 aromatic rings. The van der Waals surface area contributed by atoms with E-state index in [1.807, 2.05) is 46.8 Å². The van der Waals surface area contributed by atoms with Gasteiger partial charge < -0.3 is 0 Å². The fourth-order valence-corrected chi connectivity index (χ4v) is 1.06. The van der Waals surface area contributed by atoms with Gasteiger partial charge in [-0.25, -0.2) is 0 Å². The predicted octanol–water partition coefficient (Wildman–Crippen LogP) is 2.81. The maximum absolute atomic E-state index is 11.5. The van der Waals surface area contributed by atoms with Crippen molar-refractivity contribution in [2.24, 2.45) is 11.3 Å². The summed E-state index contributed by atoms with van der Waals surface area (Å²) in [5.74, 6) is 0.357. The van der Waals surface area contributed by atoms with Crippen molar-refractivity contribution in [1.82, 2.24) is 0 Å². The molecule has 0 rings (SSSR count). The Morgan fingerprint density at radius 1 is 1.36 bits per heavy atom. The zero-order valence-electron chi connectivity index (χ0n) is 8.14. The van der Waals surface area contributed by atoms with Gasteiger partial charge in [0.05, 0.1) is 0 Å². The first-order valence-electron chi connectivity index (χ1n) is 4.06. The van der Waals surface area contributed by atoms with E-state index >= 15 is 0 Å². The quantitative estimate of drug-likeness (QED) is 0.559. The second-order valence-corrected chi connectivity index (χ2v) is 3.93. The van der Waals surface area contributed by atoms with Gasteiger partial charge in [-0.15, -0.1) is 0 Å². The van der Waals surface area contributed by atoms with Crippen molar-refractivity contribution in [2.45, 2.75) is 34.6 Å². The van der Waals surface area contributed by atoms with Gasteiger partial charge >= 0.3 is 0 Å². The monoisotopic (exact) mass is 154 g/mol. The fourth-order valence-electron chi connectivity index (χ4n) is 1.06. The molecule has 0 bridgehead atoms. The van der Waals surface area contributed by atoms with Gasteiger partial charge in [-0.3, -0.25) is 4.79 Å². The zero-order valence-corrected chi connectivity index (χ0v) is 8.14. The van der Waals surface area contributed by atoms with Gasteiger partial charge in [0, 0.05) is 11.3 Å². The Morgan fingerprint density at radius 2 is 1.82 bits per heavy atom. The molecule has 0 radical (unpaired) electrons. The van der Waals surface area contributed by atoms with E-state index in [0.717, 1.165) is 0 Å². The molecule has 0 aliphatic rings. The molecule has 0 heterocycles. The van der Waals surface area contributed by atoms with Gasteiger partial charge in [-0.1, -0.05) is 39.8 Å². The van der Waals surface area contributed by atoms with Crippen LogP contribution in [0.15, 0.2) is 12.2 Å². The van der Waals surface area contributed by atoms with Gasteiger partial charge in [0.2, 0.25) is 0 Å². The summed E-state index contributed by atoms with van der Waals surface area (Å²) in [6.07, 6.45) is 3.86. The number of ketones is 1. The summed E-state index contributed by atoms with van der Waals surface area (Å²) >= 11 is 0. The largest absolute Gasteiger partial charge is 0.298 e. The molecule has 1 atom stereocenters. The topological polar surface area (TPSA) is 17.1 Å². The first kappa shape index (κ1) is 10.4. The molecule has 1 heteroatoms. The number of Topliss-reactive ketones (excluding diaryl/α,β-unsaturated/α-hetero) is 1. The van der Waals surface area contributed by atoms with Crippen molar-refractivity contribution in [1.29, 1.82) is 0 Å². The highest BCUT2D eigenvalue weighted by Gasteiger charge is 2.24. The van der Waals surface area contributed by atoms with E-state index in [9.17, 15) is 4.79 Å². The molecule has 1 nitrogen and oxygen atoms in total. The second kappa shape index (κ2) is 3.70. The van der Waals surface area contributed by atoms with Crippen molar-refractivity contribution in [3.05, 3.63) is 12.2 Å². The van der Waals surface area contributed by atoms with Crippen LogP contribution in [-0.4, -0.2) is 5.78 Å². The van der Waals surface area contributed by atoms with Crippen LogP contribution in [-0.2, 0) is 4.79 Å². The molecule has 0 aromatic heterocycles. The van der Waals surface area contributed by atoms with Crippen LogP contribution in [0.25, 0.3) is 0 Å². The smallest absolute Gasteiger partial charge is 0.144 e. The third-order valence-corrected chi connectivity index (χ3v) is 1.63. The Balaban J connectivity index is 4.26. The molecule has 0 saturated carbocycles. The number of carbonyl (C=O) groups excluding carboxylic acids is 1. The summed E-state index contributed by atoms with van der Waals surface area (Å²) < 4.78 is 0. The predicted molar refractivity (Wildman–Crippen MR) is 48.4 cm³/mol. The van der Waals surface area contributed by atoms with E-state index in [1.54, 1.807) is 0 Å². The molecule has 0 aromatic carbocycles. The molecular weight excluding hydrogens is 136 g/mol. The van der Waals surface area contributed by atoms with Crippen LogP contribution in [0.1, 0.15) is 34.6 Å². The Labute approximate surface area is 69.5 Å². The minimum atomic E-state index is -0.209. The van der Waals surface area contributed by atoms with Gasteiger partial charge in [0.1, 0.15) is 5.78 Å². The maximum atomic E-state index is 11.5. The highest BCUT2D eigenvalue weighted by Crippen LogP contribution is 2.20. The third-order valence-electron chi connectivity index (χ3n) is 1.63. The zero-order chi connectivity index (χ0) is 9.07. The summed E-state index contributed by atoms with van der Waals surface area (Å²) in [6, 6.07) is 0. The minimum Gasteiger partial charge on any atom is -0.298 e. The van der Waals surface area contributed by atoms with Crippen LogP contribution in [0.3, 0.4) is 0 Å². The molecule has 11 heavy (non-hydrogen) atoms. The Bertz CT molecular complexity index is 160. The molecule has 0 N–H and O–H groups in total. The van der Waals surface area contributed by atoms with E-state index in [4.69, 9.17) is 0 Å². The lowest BCUT2D eigenvalue weighted by Gasteiger charge is -2.19. The fraction of sp³-hybridized carbons (Fsp3) is 0.700. The molecule has 0 amide bonds. The Hall–Kier alpha value is -0.590. The number of hydrogen-bond donors (Lipinski definition) is 0. The third kappa shape index (κ3) is 3.35. The van der Waals surface area contributed by atoms with Crippen LogP contribution < -0.4 is 0 Å².